The number of hydrogen-bond donors (Lipinski definition) is 6. The van der Waals surface area contributed by atoms with Crippen molar-refractivity contribution in [2.75, 3.05) is 17.2 Å². The minimum atomic E-state index is -0.379. The van der Waals surface area contributed by atoms with Crippen molar-refractivity contribution < 1.29 is 15.3 Å². The molecule has 1 atom stereocenters. The summed E-state index contributed by atoms with van der Waals surface area (Å²) >= 11 is 5.77. The van der Waals surface area contributed by atoms with Gasteiger partial charge in [0.2, 0.25) is 11.6 Å². The van der Waals surface area contributed by atoms with Gasteiger partial charge in [-0.3, -0.25) is 0 Å². The quantitative estimate of drug-likeness (QED) is 0.330. The van der Waals surface area contributed by atoms with Gasteiger partial charge in [-0.05, 0) is 12.0 Å². The largest absolute Gasteiger partial charge is 0.504 e. The van der Waals surface area contributed by atoms with E-state index in [-0.39, 0.29) is 47.6 Å². The predicted octanol–water partition coefficient (Wildman–Crippen LogP) is 1.85. The molecule has 0 saturated heterocycles. The topological polar surface area (TPSA) is 152 Å². The van der Waals surface area contributed by atoms with Gasteiger partial charge in [0.15, 0.2) is 22.8 Å². The highest BCUT2D eigenvalue weighted by molar-refractivity contribution is 6.32. The number of rotatable bonds is 7. The van der Waals surface area contributed by atoms with Crippen LogP contribution in [0, 0.1) is 5.92 Å². The van der Waals surface area contributed by atoms with Gasteiger partial charge in [0.25, 0.3) is 0 Å². The number of phenolic OH excluding ortho intramolecular Hbond substituents is 2. The lowest BCUT2D eigenvalue weighted by molar-refractivity contribution is 0.248. The van der Waals surface area contributed by atoms with Gasteiger partial charge in [-0.1, -0.05) is 31.5 Å². The first kappa shape index (κ1) is 18.9. The van der Waals surface area contributed by atoms with Gasteiger partial charge in [-0.25, -0.2) is 0 Å². The summed E-state index contributed by atoms with van der Waals surface area (Å²) in [6.07, 6.45) is 0. The summed E-state index contributed by atoms with van der Waals surface area (Å²) in [7, 11) is 0. The van der Waals surface area contributed by atoms with Crippen molar-refractivity contribution in [3.05, 3.63) is 22.7 Å². The number of aromatic nitrogens is 5. The molecule has 3 rings (SSSR count). The lowest BCUT2D eigenvalue weighted by Crippen LogP contribution is -2.30. The molecule has 0 amide bonds. The van der Waals surface area contributed by atoms with Crippen LogP contribution >= 0.6 is 11.6 Å². The molecule has 0 fully saturated rings. The Morgan fingerprint density at radius 1 is 1.15 bits per heavy atom. The van der Waals surface area contributed by atoms with E-state index in [9.17, 15) is 15.3 Å². The van der Waals surface area contributed by atoms with Gasteiger partial charge in [-0.2, -0.15) is 20.3 Å². The molecule has 0 aliphatic heterocycles. The van der Waals surface area contributed by atoms with Gasteiger partial charge in [0.05, 0.1) is 17.7 Å². The second-order valence-electron chi connectivity index (χ2n) is 6.33. The van der Waals surface area contributed by atoms with Gasteiger partial charge in [-0.15, -0.1) is 5.10 Å². The Kier molecular flexibility index (Phi) is 5.47. The van der Waals surface area contributed by atoms with Crippen LogP contribution in [-0.4, -0.2) is 53.3 Å². The highest BCUT2D eigenvalue weighted by Crippen LogP contribution is 2.36. The molecular formula is C16H20ClN7O3. The van der Waals surface area contributed by atoms with Crippen molar-refractivity contribution in [1.29, 1.82) is 0 Å². The normalized spacial score (nSPS) is 12.5. The fourth-order valence-electron chi connectivity index (χ4n) is 2.44. The van der Waals surface area contributed by atoms with Crippen LogP contribution in [0.5, 0.6) is 11.5 Å². The highest BCUT2D eigenvalue weighted by atomic mass is 35.5. The molecule has 0 unspecified atom stereocenters. The fourth-order valence-corrected chi connectivity index (χ4v) is 2.59. The molecule has 11 heteroatoms. The van der Waals surface area contributed by atoms with Crippen LogP contribution < -0.4 is 10.6 Å². The van der Waals surface area contributed by atoms with Gasteiger partial charge in [0, 0.05) is 12.1 Å². The van der Waals surface area contributed by atoms with Crippen LogP contribution in [-0.2, 0) is 6.54 Å². The van der Waals surface area contributed by atoms with Crippen LogP contribution in [0.3, 0.4) is 0 Å². The fraction of sp³-hybridized carbons (Fsp3) is 0.375. The summed E-state index contributed by atoms with van der Waals surface area (Å²) in [5.74, 6) is 0.145. The van der Waals surface area contributed by atoms with Crippen LogP contribution in [0.1, 0.15) is 19.4 Å². The number of aromatic amines is 1. The number of benzene rings is 1. The van der Waals surface area contributed by atoms with E-state index in [1.54, 1.807) is 6.07 Å². The molecule has 3 aromatic rings. The molecule has 27 heavy (non-hydrogen) atoms. The second kappa shape index (κ2) is 7.80. The maximum absolute atomic E-state index is 10.0. The average molecular weight is 394 g/mol. The van der Waals surface area contributed by atoms with Crippen molar-refractivity contribution in [3.8, 4) is 11.5 Å². The first-order valence-electron chi connectivity index (χ1n) is 8.29. The zero-order valence-electron chi connectivity index (χ0n) is 14.7. The van der Waals surface area contributed by atoms with E-state index in [1.165, 1.54) is 6.07 Å². The van der Waals surface area contributed by atoms with Gasteiger partial charge >= 0.3 is 0 Å². The molecule has 1 aromatic carbocycles. The lowest BCUT2D eigenvalue weighted by atomic mass is 10.1. The number of nitrogens with one attached hydrogen (secondary N) is 3. The Morgan fingerprint density at radius 2 is 1.93 bits per heavy atom. The molecule has 2 aromatic heterocycles. The number of halogens is 1. The minimum Gasteiger partial charge on any atom is -0.504 e. The minimum absolute atomic E-state index is 0.0624. The first-order chi connectivity index (χ1) is 12.9. The van der Waals surface area contributed by atoms with Crippen molar-refractivity contribution in [3.63, 3.8) is 0 Å². The van der Waals surface area contributed by atoms with E-state index in [1.807, 2.05) is 13.8 Å². The van der Waals surface area contributed by atoms with Crippen LogP contribution in [0.15, 0.2) is 12.1 Å². The van der Waals surface area contributed by atoms with Gasteiger partial charge < -0.3 is 26.0 Å². The number of hydrogen-bond acceptors (Lipinski definition) is 9. The molecule has 0 radical (unpaired) electrons. The summed E-state index contributed by atoms with van der Waals surface area (Å²) in [4.78, 5) is 8.67. The Hall–Kier alpha value is -2.85. The molecule has 0 saturated carbocycles. The SMILES string of the molecule is CC(C)[C@H](CO)Nc1nc(NCc2ccc(Cl)c(O)c2O)c2n[nH]nc2n1. The molecule has 0 bridgehead atoms. The van der Waals surface area contributed by atoms with Crippen molar-refractivity contribution in [2.45, 2.75) is 26.4 Å². The number of phenols is 2. The molecule has 2 heterocycles. The monoisotopic (exact) mass is 393 g/mol. The zero-order chi connectivity index (χ0) is 19.6. The van der Waals surface area contributed by atoms with E-state index in [2.05, 4.69) is 36.0 Å². The molecule has 144 valence electrons. The summed E-state index contributed by atoms with van der Waals surface area (Å²) in [5.41, 5.74) is 1.19. The Balaban J connectivity index is 1.87. The third kappa shape index (κ3) is 3.96. The number of H-pyrrole nitrogens is 1. The molecule has 0 aliphatic rings. The summed E-state index contributed by atoms with van der Waals surface area (Å²) in [6, 6.07) is 2.85. The smallest absolute Gasteiger partial charge is 0.227 e. The summed E-state index contributed by atoms with van der Waals surface area (Å²) < 4.78 is 0. The summed E-state index contributed by atoms with van der Waals surface area (Å²) in [6.45, 7) is 4.02. The third-order valence-electron chi connectivity index (χ3n) is 4.13. The highest BCUT2D eigenvalue weighted by Gasteiger charge is 2.17. The second-order valence-corrected chi connectivity index (χ2v) is 6.73. The maximum Gasteiger partial charge on any atom is 0.227 e. The lowest BCUT2D eigenvalue weighted by Gasteiger charge is -2.20. The summed E-state index contributed by atoms with van der Waals surface area (Å²) in [5, 5.41) is 46.0. The number of anilines is 2. The Labute approximate surface area is 159 Å². The predicted molar refractivity (Wildman–Crippen MR) is 101 cm³/mol. The third-order valence-corrected chi connectivity index (χ3v) is 4.44. The van der Waals surface area contributed by atoms with Crippen LogP contribution in [0.4, 0.5) is 11.8 Å². The van der Waals surface area contributed by atoms with Crippen molar-refractivity contribution >= 4 is 34.5 Å². The number of nitrogens with zero attached hydrogens (tertiary/aromatic N) is 4. The van der Waals surface area contributed by atoms with E-state index < -0.39 is 0 Å². The zero-order valence-corrected chi connectivity index (χ0v) is 15.5. The molecule has 0 spiro atoms. The number of aromatic hydroxyl groups is 2. The van der Waals surface area contributed by atoms with Crippen molar-refractivity contribution in [1.82, 2.24) is 25.4 Å². The van der Waals surface area contributed by atoms with E-state index in [4.69, 9.17) is 11.6 Å². The Bertz CT molecular complexity index is 947. The van der Waals surface area contributed by atoms with E-state index in [0.717, 1.165) is 0 Å². The molecular weight excluding hydrogens is 374 g/mol. The molecule has 10 nitrogen and oxygen atoms in total. The van der Waals surface area contributed by atoms with Crippen LogP contribution in [0.2, 0.25) is 5.02 Å². The molecule has 6 N–H and O–H groups in total. The number of aliphatic hydroxyl groups is 1. The molecule has 0 aliphatic carbocycles. The average Bonchev–Trinajstić information content (AvgIpc) is 3.12. The van der Waals surface area contributed by atoms with E-state index >= 15 is 0 Å². The van der Waals surface area contributed by atoms with Crippen LogP contribution in [0.25, 0.3) is 11.2 Å². The Morgan fingerprint density at radius 3 is 2.63 bits per heavy atom. The van der Waals surface area contributed by atoms with Gasteiger partial charge in [0.1, 0.15) is 0 Å². The maximum atomic E-state index is 10.0. The standard InChI is InChI=1S/C16H20ClN7O3/c1-7(2)10(6-25)19-16-20-14(11-15(21-16)23-24-22-11)18-5-8-3-4-9(17)13(27)12(8)26/h3-4,7,10,25-27H,5-6H2,1-2H3,(H3,18,19,20,21,22,23,24)/t10-/m0/s1. The number of aliphatic hydroxyl groups excluding tert-OH is 1. The first-order valence-corrected chi connectivity index (χ1v) is 8.67. The van der Waals surface area contributed by atoms with Crippen molar-refractivity contribution in [2.24, 2.45) is 5.92 Å². The number of fused-ring (bicyclic) bond motifs is 1. The van der Waals surface area contributed by atoms with E-state index in [0.29, 0.717) is 22.5 Å².